The number of hydrogen-bond donors (Lipinski definition) is 1. The highest BCUT2D eigenvalue weighted by molar-refractivity contribution is 6.79. The van der Waals surface area contributed by atoms with Crippen molar-refractivity contribution in [1.29, 1.82) is 0 Å². The molecule has 0 aliphatic carbocycles. The van der Waals surface area contributed by atoms with E-state index in [0.29, 0.717) is 17.1 Å². The van der Waals surface area contributed by atoms with Crippen LogP contribution in [0.5, 0.6) is 0 Å². The highest BCUT2D eigenvalue weighted by atomic mass is 28.3. The molecule has 0 spiro atoms. The Morgan fingerprint density at radius 2 is 1.12 bits per heavy atom. The smallest absolute Gasteiger partial charge is 0.0502 e. The molecule has 0 bridgehead atoms. The van der Waals surface area contributed by atoms with E-state index in [1.54, 1.807) is 0 Å². The first-order valence-electron chi connectivity index (χ1n) is 10.8. The lowest BCUT2D eigenvalue weighted by Gasteiger charge is -2.47. The van der Waals surface area contributed by atoms with Crippen molar-refractivity contribution < 1.29 is 5.11 Å². The van der Waals surface area contributed by atoms with Crippen LogP contribution in [0.4, 0.5) is 0 Å². The lowest BCUT2D eigenvalue weighted by atomic mass is 9.82. The average molecular weight is 387 g/mol. The largest absolute Gasteiger partial charge is 0.396 e. The molecule has 0 fully saturated rings. The van der Waals surface area contributed by atoms with Gasteiger partial charge in [0.2, 0.25) is 0 Å². The summed E-state index contributed by atoms with van der Waals surface area (Å²) in [5.41, 5.74) is 0.490. The first-order valence-corrected chi connectivity index (χ1v) is 18.0. The molecule has 1 atom stereocenters. The molecule has 0 aromatic carbocycles. The van der Waals surface area contributed by atoms with Crippen molar-refractivity contribution in [2.45, 2.75) is 129 Å². The molecule has 0 aromatic rings. The van der Waals surface area contributed by atoms with Crippen molar-refractivity contribution in [2.24, 2.45) is 5.41 Å². The molecule has 1 nitrogen and oxygen atoms in total. The number of unbranched alkanes of at least 4 members (excludes halogenated alkanes) is 6. The zero-order valence-corrected chi connectivity index (χ0v) is 21.2. The maximum absolute atomic E-state index is 8.84. The lowest BCUT2D eigenvalue weighted by molar-refractivity contribution is 0.281. The third-order valence-corrected chi connectivity index (χ3v) is 12.1. The van der Waals surface area contributed by atoms with Crippen LogP contribution in [0.3, 0.4) is 0 Å². The maximum Gasteiger partial charge on any atom is 0.0502 e. The molecule has 152 valence electrons. The summed E-state index contributed by atoms with van der Waals surface area (Å²) >= 11 is 0. The Labute approximate surface area is 162 Å². The van der Waals surface area contributed by atoms with Gasteiger partial charge in [-0.05, 0) is 23.3 Å². The molecule has 0 aliphatic heterocycles. The zero-order valence-electron chi connectivity index (χ0n) is 19.2. The monoisotopic (exact) mass is 386 g/mol. The SMILES string of the molecule is CC(C)(CC(C)(CCCCCCCCCO)[Si](C)(C)C)C[Si](C)(C)C. The summed E-state index contributed by atoms with van der Waals surface area (Å²) in [4.78, 5) is 0. The first kappa shape index (κ1) is 25.4. The summed E-state index contributed by atoms with van der Waals surface area (Å²) in [7, 11) is -2.21. The van der Waals surface area contributed by atoms with Crippen LogP contribution >= 0.6 is 0 Å². The fraction of sp³-hybridized carbons (Fsp3) is 1.00. The van der Waals surface area contributed by atoms with Crippen LogP contribution in [-0.2, 0) is 0 Å². The fourth-order valence-corrected chi connectivity index (χ4v) is 9.73. The molecular weight excluding hydrogens is 336 g/mol. The van der Waals surface area contributed by atoms with Gasteiger partial charge in [-0.15, -0.1) is 0 Å². The van der Waals surface area contributed by atoms with Gasteiger partial charge < -0.3 is 5.11 Å². The second-order valence-corrected chi connectivity index (χ2v) is 23.0. The van der Waals surface area contributed by atoms with E-state index in [1.807, 2.05) is 0 Å². The van der Waals surface area contributed by atoms with Gasteiger partial charge in [0.1, 0.15) is 0 Å². The summed E-state index contributed by atoms with van der Waals surface area (Å²) in [6.07, 6.45) is 11.9. The van der Waals surface area contributed by atoms with Gasteiger partial charge in [-0.1, -0.05) is 111 Å². The normalized spacial score (nSPS) is 16.1. The van der Waals surface area contributed by atoms with Crippen LogP contribution in [0.1, 0.15) is 78.6 Å². The number of rotatable bonds is 14. The van der Waals surface area contributed by atoms with Crippen LogP contribution in [0.25, 0.3) is 0 Å². The Kier molecular flexibility index (Phi) is 10.8. The topological polar surface area (TPSA) is 20.2 Å². The summed E-state index contributed by atoms with van der Waals surface area (Å²) in [5, 5.41) is 9.40. The van der Waals surface area contributed by atoms with Crippen molar-refractivity contribution in [3.05, 3.63) is 0 Å². The molecule has 0 radical (unpaired) electrons. The number of hydrogen-bond acceptors (Lipinski definition) is 1. The Morgan fingerprint density at radius 3 is 1.52 bits per heavy atom. The molecule has 0 rings (SSSR count). The zero-order chi connectivity index (χ0) is 19.8. The summed E-state index contributed by atoms with van der Waals surface area (Å²) in [6, 6.07) is 1.45. The molecule has 0 aromatic heterocycles. The molecule has 0 saturated carbocycles. The van der Waals surface area contributed by atoms with E-state index in [9.17, 15) is 0 Å². The molecule has 0 heterocycles. The van der Waals surface area contributed by atoms with Crippen LogP contribution in [0.15, 0.2) is 0 Å². The Morgan fingerprint density at radius 1 is 0.680 bits per heavy atom. The summed E-state index contributed by atoms with van der Waals surface area (Å²) in [6.45, 7) is 23.4. The van der Waals surface area contributed by atoms with Gasteiger partial charge in [0, 0.05) is 14.7 Å². The van der Waals surface area contributed by atoms with Gasteiger partial charge in [-0.25, -0.2) is 0 Å². The van der Waals surface area contributed by atoms with Crippen molar-refractivity contribution in [3.63, 3.8) is 0 Å². The van der Waals surface area contributed by atoms with Gasteiger partial charge in [0.05, 0.1) is 8.07 Å². The predicted octanol–water partition coefficient (Wildman–Crippen LogP) is 7.95. The van der Waals surface area contributed by atoms with Crippen molar-refractivity contribution in [2.75, 3.05) is 6.61 Å². The van der Waals surface area contributed by atoms with E-state index in [4.69, 9.17) is 5.11 Å². The van der Waals surface area contributed by atoms with Crippen LogP contribution in [0.2, 0.25) is 50.4 Å². The van der Waals surface area contributed by atoms with E-state index < -0.39 is 16.1 Å². The van der Waals surface area contributed by atoms with Crippen molar-refractivity contribution in [3.8, 4) is 0 Å². The van der Waals surface area contributed by atoms with Crippen molar-refractivity contribution >= 4 is 16.1 Å². The van der Waals surface area contributed by atoms with E-state index >= 15 is 0 Å². The third-order valence-electron chi connectivity index (χ3n) is 6.07. The van der Waals surface area contributed by atoms with E-state index in [-0.39, 0.29) is 0 Å². The van der Waals surface area contributed by atoms with E-state index in [2.05, 4.69) is 60.1 Å². The molecule has 0 aliphatic rings. The molecule has 0 amide bonds. The molecule has 0 saturated heterocycles. The third kappa shape index (κ3) is 11.7. The van der Waals surface area contributed by atoms with Crippen LogP contribution in [0, 0.1) is 5.41 Å². The number of aliphatic hydroxyl groups excluding tert-OH is 1. The molecular formula is C22H50OSi2. The minimum absolute atomic E-state index is 0.363. The van der Waals surface area contributed by atoms with Gasteiger partial charge in [0.25, 0.3) is 0 Å². The number of aliphatic hydroxyl groups is 1. The summed E-state index contributed by atoms with van der Waals surface area (Å²) in [5.74, 6) is 0. The molecule has 25 heavy (non-hydrogen) atoms. The van der Waals surface area contributed by atoms with Gasteiger partial charge in [-0.3, -0.25) is 0 Å². The predicted molar refractivity (Wildman–Crippen MR) is 122 cm³/mol. The quantitative estimate of drug-likeness (QED) is 0.237. The fourth-order valence-electron chi connectivity index (χ4n) is 4.79. The van der Waals surface area contributed by atoms with Gasteiger partial charge in [-0.2, -0.15) is 0 Å². The van der Waals surface area contributed by atoms with E-state index in [1.165, 1.54) is 57.4 Å². The highest BCUT2D eigenvalue weighted by Crippen LogP contribution is 2.52. The van der Waals surface area contributed by atoms with Crippen LogP contribution < -0.4 is 0 Å². The van der Waals surface area contributed by atoms with Gasteiger partial charge in [0.15, 0.2) is 0 Å². The average Bonchev–Trinajstić information content (AvgIpc) is 2.37. The van der Waals surface area contributed by atoms with Crippen molar-refractivity contribution in [1.82, 2.24) is 0 Å². The maximum atomic E-state index is 8.84. The minimum atomic E-state index is -1.19. The first-order chi connectivity index (χ1) is 11.2. The van der Waals surface area contributed by atoms with E-state index in [0.717, 1.165) is 6.42 Å². The van der Waals surface area contributed by atoms with Gasteiger partial charge >= 0.3 is 0 Å². The molecule has 1 N–H and O–H groups in total. The minimum Gasteiger partial charge on any atom is -0.396 e. The molecule has 1 unspecified atom stereocenters. The Balaban J connectivity index is 4.53. The highest BCUT2D eigenvalue weighted by Gasteiger charge is 2.43. The standard InChI is InChI=1S/C22H50OSi2/c1-21(2,20-24(4,5)6)19-22(3,25(7,8)9)17-15-13-11-10-12-14-16-18-23/h23H,10-20H2,1-9H3. The second-order valence-electron chi connectivity index (χ2n) is 11.8. The lowest BCUT2D eigenvalue weighted by Crippen LogP contribution is -2.42. The molecule has 3 heteroatoms. The Hall–Kier alpha value is 0.394. The summed E-state index contributed by atoms with van der Waals surface area (Å²) < 4.78 is 0. The Bertz CT molecular complexity index is 352. The second kappa shape index (κ2) is 10.7. The van der Waals surface area contributed by atoms with Crippen LogP contribution in [-0.4, -0.2) is 27.9 Å².